The maximum absolute atomic E-state index is 12.3. The molecule has 7 nitrogen and oxygen atoms in total. The average Bonchev–Trinajstić information content (AvgIpc) is 2.97. The molecule has 0 bridgehead atoms. The van der Waals surface area contributed by atoms with Crippen molar-refractivity contribution in [2.75, 3.05) is 39.4 Å². The zero-order chi connectivity index (χ0) is 13.8. The van der Waals surface area contributed by atoms with E-state index in [0.717, 1.165) is 6.42 Å². The fraction of sp³-hybridized carbons (Fsp3) is 0.615. The van der Waals surface area contributed by atoms with E-state index >= 15 is 0 Å². The van der Waals surface area contributed by atoms with E-state index in [1.165, 1.54) is 0 Å². The van der Waals surface area contributed by atoms with Crippen LogP contribution >= 0.6 is 0 Å². The number of aromatic nitrogens is 2. The molecule has 1 aromatic heterocycles. The molecule has 20 heavy (non-hydrogen) atoms. The molecule has 1 aromatic rings. The van der Waals surface area contributed by atoms with Crippen LogP contribution in [0.1, 0.15) is 6.42 Å². The van der Waals surface area contributed by atoms with Gasteiger partial charge in [0.15, 0.2) is 0 Å². The van der Waals surface area contributed by atoms with Gasteiger partial charge in [0, 0.05) is 38.4 Å². The normalized spacial score (nSPS) is 22.9. The molecule has 0 N–H and O–H groups in total. The Morgan fingerprint density at radius 3 is 2.70 bits per heavy atom. The number of amides is 2. The number of rotatable bonds is 2. The van der Waals surface area contributed by atoms with Gasteiger partial charge in [0.05, 0.1) is 19.8 Å². The molecule has 0 radical (unpaired) electrons. The molecule has 3 rings (SSSR count). The molecule has 0 saturated carbocycles. The number of hydrogen-bond acceptors (Lipinski definition) is 5. The van der Waals surface area contributed by atoms with Crippen LogP contribution in [0, 0.1) is 0 Å². The van der Waals surface area contributed by atoms with Gasteiger partial charge in [-0.3, -0.25) is 0 Å². The molecular formula is C13H18N4O3. The van der Waals surface area contributed by atoms with E-state index < -0.39 is 0 Å². The van der Waals surface area contributed by atoms with Crippen molar-refractivity contribution < 1.29 is 14.3 Å². The van der Waals surface area contributed by atoms with Crippen molar-refractivity contribution >= 4 is 6.03 Å². The largest absolute Gasteiger partial charge is 0.458 e. The van der Waals surface area contributed by atoms with Crippen LogP contribution in [0.5, 0.6) is 6.01 Å². The minimum Gasteiger partial charge on any atom is -0.458 e. The number of nitrogens with zero attached hydrogens (tertiary/aromatic N) is 4. The van der Waals surface area contributed by atoms with Gasteiger partial charge in [0.1, 0.15) is 6.10 Å². The van der Waals surface area contributed by atoms with Crippen LogP contribution in [0.4, 0.5) is 4.79 Å². The fourth-order valence-electron chi connectivity index (χ4n) is 2.45. The molecule has 0 spiro atoms. The maximum Gasteiger partial charge on any atom is 0.320 e. The highest BCUT2D eigenvalue weighted by atomic mass is 16.5. The van der Waals surface area contributed by atoms with E-state index in [1.807, 2.05) is 9.80 Å². The minimum absolute atomic E-state index is 0.0256. The third-order valence-corrected chi connectivity index (χ3v) is 3.51. The molecule has 2 aliphatic rings. The molecule has 1 atom stereocenters. The predicted octanol–water partition coefficient (Wildman–Crippen LogP) is 0.382. The van der Waals surface area contributed by atoms with Crippen LogP contribution in [0.2, 0.25) is 0 Å². The predicted molar refractivity (Wildman–Crippen MR) is 70.4 cm³/mol. The lowest BCUT2D eigenvalue weighted by molar-refractivity contribution is 0.0442. The first-order chi connectivity index (χ1) is 9.83. The van der Waals surface area contributed by atoms with E-state index in [4.69, 9.17) is 9.47 Å². The van der Waals surface area contributed by atoms with Gasteiger partial charge in [-0.05, 0) is 6.07 Å². The molecule has 0 aliphatic carbocycles. The number of carbonyl (C=O) groups excluding carboxylic acids is 1. The van der Waals surface area contributed by atoms with E-state index in [0.29, 0.717) is 45.4 Å². The maximum atomic E-state index is 12.3. The summed E-state index contributed by atoms with van der Waals surface area (Å²) in [6.07, 6.45) is 4.08. The Balaban J connectivity index is 1.52. The Kier molecular flexibility index (Phi) is 3.96. The smallest absolute Gasteiger partial charge is 0.320 e. The number of ether oxygens (including phenoxy) is 2. The van der Waals surface area contributed by atoms with Gasteiger partial charge in [-0.2, -0.15) is 0 Å². The Morgan fingerprint density at radius 1 is 1.20 bits per heavy atom. The van der Waals surface area contributed by atoms with Crippen molar-refractivity contribution in [3.05, 3.63) is 18.5 Å². The van der Waals surface area contributed by atoms with Gasteiger partial charge in [-0.1, -0.05) is 0 Å². The van der Waals surface area contributed by atoms with E-state index in [1.54, 1.807) is 18.5 Å². The third-order valence-electron chi connectivity index (χ3n) is 3.51. The summed E-state index contributed by atoms with van der Waals surface area (Å²) in [5.74, 6) is 0. The number of likely N-dealkylation sites (tertiary alicyclic amines) is 1. The molecular weight excluding hydrogens is 260 g/mol. The summed E-state index contributed by atoms with van der Waals surface area (Å²) in [6, 6.07) is 2.20. The standard InChI is InChI=1S/C13H18N4O3/c18-13(16-6-8-19-9-7-16)17-5-2-11(10-17)20-12-14-3-1-4-15-12/h1,3-4,11H,2,5-10H2/t11-/m1/s1. The van der Waals surface area contributed by atoms with E-state index in [-0.39, 0.29) is 12.1 Å². The Bertz CT molecular complexity index is 450. The van der Waals surface area contributed by atoms with Gasteiger partial charge in [-0.25, -0.2) is 14.8 Å². The molecule has 2 aliphatic heterocycles. The van der Waals surface area contributed by atoms with Crippen molar-refractivity contribution in [1.29, 1.82) is 0 Å². The van der Waals surface area contributed by atoms with Crippen LogP contribution < -0.4 is 4.74 Å². The summed E-state index contributed by atoms with van der Waals surface area (Å²) < 4.78 is 10.9. The first-order valence-electron chi connectivity index (χ1n) is 6.88. The second-order valence-electron chi connectivity index (χ2n) is 4.89. The zero-order valence-corrected chi connectivity index (χ0v) is 11.3. The number of morpholine rings is 1. The van der Waals surface area contributed by atoms with Crippen molar-refractivity contribution in [3.8, 4) is 6.01 Å². The van der Waals surface area contributed by atoms with Gasteiger partial charge in [0.2, 0.25) is 0 Å². The highest BCUT2D eigenvalue weighted by Gasteiger charge is 2.31. The van der Waals surface area contributed by atoms with E-state index in [2.05, 4.69) is 9.97 Å². The molecule has 2 amide bonds. The Labute approximate surface area is 117 Å². The first kappa shape index (κ1) is 13.1. The lowest BCUT2D eigenvalue weighted by atomic mass is 10.3. The second-order valence-corrected chi connectivity index (χ2v) is 4.89. The highest BCUT2D eigenvalue weighted by Crippen LogP contribution is 2.16. The quantitative estimate of drug-likeness (QED) is 0.782. The Hall–Kier alpha value is -1.89. The van der Waals surface area contributed by atoms with Crippen LogP contribution in [0.3, 0.4) is 0 Å². The zero-order valence-electron chi connectivity index (χ0n) is 11.3. The number of carbonyl (C=O) groups is 1. The summed E-state index contributed by atoms with van der Waals surface area (Å²) >= 11 is 0. The summed E-state index contributed by atoms with van der Waals surface area (Å²) in [7, 11) is 0. The summed E-state index contributed by atoms with van der Waals surface area (Å²) in [6.45, 7) is 3.89. The molecule has 0 unspecified atom stereocenters. The van der Waals surface area contributed by atoms with Crippen molar-refractivity contribution in [2.24, 2.45) is 0 Å². The summed E-state index contributed by atoms with van der Waals surface area (Å²) in [4.78, 5) is 24.1. The van der Waals surface area contributed by atoms with Crippen molar-refractivity contribution in [3.63, 3.8) is 0 Å². The van der Waals surface area contributed by atoms with Crippen LogP contribution in [-0.2, 0) is 4.74 Å². The fourth-order valence-corrected chi connectivity index (χ4v) is 2.45. The van der Waals surface area contributed by atoms with Gasteiger partial charge in [0.25, 0.3) is 0 Å². The average molecular weight is 278 g/mol. The summed E-state index contributed by atoms with van der Waals surface area (Å²) in [5.41, 5.74) is 0. The number of hydrogen-bond donors (Lipinski definition) is 0. The summed E-state index contributed by atoms with van der Waals surface area (Å²) in [5, 5.41) is 0. The van der Waals surface area contributed by atoms with Gasteiger partial charge < -0.3 is 19.3 Å². The monoisotopic (exact) mass is 278 g/mol. The van der Waals surface area contributed by atoms with Crippen LogP contribution in [-0.4, -0.2) is 71.3 Å². The lowest BCUT2D eigenvalue weighted by Gasteiger charge is -2.30. The van der Waals surface area contributed by atoms with Crippen molar-refractivity contribution in [2.45, 2.75) is 12.5 Å². The topological polar surface area (TPSA) is 67.8 Å². The lowest BCUT2D eigenvalue weighted by Crippen LogP contribution is -2.47. The molecule has 7 heteroatoms. The second kappa shape index (κ2) is 6.04. The first-order valence-corrected chi connectivity index (χ1v) is 6.88. The van der Waals surface area contributed by atoms with Crippen molar-refractivity contribution in [1.82, 2.24) is 19.8 Å². The van der Waals surface area contributed by atoms with Gasteiger partial charge >= 0.3 is 12.0 Å². The molecule has 2 fully saturated rings. The minimum atomic E-state index is -0.0256. The molecule has 108 valence electrons. The van der Waals surface area contributed by atoms with Crippen LogP contribution in [0.15, 0.2) is 18.5 Å². The SMILES string of the molecule is O=C(N1CCOCC1)N1CC[C@@H](Oc2ncccn2)C1. The molecule has 3 heterocycles. The van der Waals surface area contributed by atoms with E-state index in [9.17, 15) is 4.79 Å². The molecule has 2 saturated heterocycles. The third kappa shape index (κ3) is 2.98. The van der Waals surface area contributed by atoms with Crippen LogP contribution in [0.25, 0.3) is 0 Å². The van der Waals surface area contributed by atoms with Gasteiger partial charge in [-0.15, -0.1) is 0 Å². The molecule has 0 aromatic carbocycles. The highest BCUT2D eigenvalue weighted by molar-refractivity contribution is 5.74. The Morgan fingerprint density at radius 2 is 1.95 bits per heavy atom. The number of urea groups is 1.